The molecule has 0 spiro atoms. The fraction of sp³-hybridized carbons (Fsp3) is 0.341. The number of ketones is 1. The number of hydrogen-bond donors (Lipinski definition) is 1. The van der Waals surface area contributed by atoms with Crippen molar-refractivity contribution < 1.29 is 39.0 Å². The van der Waals surface area contributed by atoms with Crippen LogP contribution in [0.4, 0.5) is 0 Å². The zero-order chi connectivity index (χ0) is 33.8. The maximum atomic E-state index is 11.7. The second kappa shape index (κ2) is 16.2. The summed E-state index contributed by atoms with van der Waals surface area (Å²) in [5.74, 6) is 1.12. The third-order valence-electron chi connectivity index (χ3n) is 10.5. The van der Waals surface area contributed by atoms with Gasteiger partial charge in [0.1, 0.15) is 16.8 Å². The van der Waals surface area contributed by atoms with Gasteiger partial charge in [0.2, 0.25) is 0 Å². The number of rotatable bonds is 9. The van der Waals surface area contributed by atoms with E-state index in [0.717, 1.165) is 64.4 Å². The van der Waals surface area contributed by atoms with Crippen molar-refractivity contribution in [2.75, 3.05) is 0 Å². The molecule has 5 heteroatoms. The van der Waals surface area contributed by atoms with Gasteiger partial charge in [-0.15, -0.1) is 18.2 Å². The van der Waals surface area contributed by atoms with Crippen LogP contribution in [0.2, 0.25) is 0 Å². The number of nitrogens with zero attached hydrogens (tertiary/aromatic N) is 1. The van der Waals surface area contributed by atoms with E-state index in [-0.39, 0.29) is 43.5 Å². The zero-order valence-corrected chi connectivity index (χ0v) is 31.6. The zero-order valence-electron chi connectivity index (χ0n) is 29.2. The number of carbonyl (C=O) groups excluding carboxylic acids is 1. The molecule has 0 saturated heterocycles. The first-order valence-electron chi connectivity index (χ1n) is 17.9. The minimum absolute atomic E-state index is 0. The molecule has 1 N–H and O–H groups in total. The van der Waals surface area contributed by atoms with Gasteiger partial charge in [-0.25, -0.2) is 0 Å². The molecule has 0 bridgehead atoms. The number of para-hydroxylation sites is 1. The molecule has 6 aromatic rings. The number of furan rings is 1. The van der Waals surface area contributed by atoms with E-state index in [1.165, 1.54) is 53.5 Å². The van der Waals surface area contributed by atoms with Crippen molar-refractivity contribution in [3.05, 3.63) is 109 Å². The number of carbonyl (C=O) groups is 1. The van der Waals surface area contributed by atoms with Gasteiger partial charge >= 0.3 is 0 Å². The molecule has 4 nitrogen and oxygen atoms in total. The Labute approximate surface area is 304 Å². The molecule has 49 heavy (non-hydrogen) atoms. The van der Waals surface area contributed by atoms with Crippen LogP contribution in [-0.4, -0.2) is 10.9 Å². The molecular formula is C44H48IrNO3-. The average molecular weight is 831 g/mol. The summed E-state index contributed by atoms with van der Waals surface area (Å²) in [7, 11) is 4.52. The summed E-state index contributed by atoms with van der Waals surface area (Å²) in [6, 6.07) is 31.4. The van der Waals surface area contributed by atoms with Gasteiger partial charge in [-0.3, -0.25) is 4.79 Å². The molecule has 1 fully saturated rings. The van der Waals surface area contributed by atoms with E-state index >= 15 is 0 Å². The van der Waals surface area contributed by atoms with E-state index < -0.39 is 0 Å². The molecule has 1 aliphatic carbocycles. The minimum atomic E-state index is 0. The molecule has 0 unspecified atom stereocenters. The molecule has 0 amide bonds. The van der Waals surface area contributed by atoms with Gasteiger partial charge in [-0.05, 0) is 84.5 Å². The summed E-state index contributed by atoms with van der Waals surface area (Å²) in [6.45, 7) is 8.07. The molecule has 4 aromatic carbocycles. The quantitative estimate of drug-likeness (QED) is 0.0519. The number of benzene rings is 4. The number of allylic oxidation sites excluding steroid dienone is 2. The van der Waals surface area contributed by atoms with Gasteiger partial charge in [0.05, 0.1) is 11.3 Å². The Morgan fingerprint density at radius 3 is 2.24 bits per heavy atom. The standard InChI is InChI=1S/C31H24NO.C13H24O2.Ir/c1-32-27-18-17-21-11-4-5-12-22(21)30(27)26(20-9-2-3-10-20)19-28(32)25-15-8-14-24-23-13-6-7-16-29(23)33-31(24)25;1-5-10(6-2)12(14)9-13(15)11(7-3)8-4;/h4-8,11-14,16-20H,1-3,9-10H2;9-11,14H,5-8H2,1-4H3;/q-1;;/b;12-9-;. The molecule has 2 heterocycles. The van der Waals surface area contributed by atoms with Gasteiger partial charge in [0, 0.05) is 55.8 Å². The van der Waals surface area contributed by atoms with E-state index in [9.17, 15) is 9.90 Å². The maximum absolute atomic E-state index is 11.7. The van der Waals surface area contributed by atoms with E-state index in [4.69, 9.17) is 4.42 Å². The van der Waals surface area contributed by atoms with Crippen molar-refractivity contribution in [2.45, 2.75) is 85.0 Å². The van der Waals surface area contributed by atoms with Gasteiger partial charge in [-0.2, -0.15) is 0 Å². The Morgan fingerprint density at radius 1 is 0.898 bits per heavy atom. The van der Waals surface area contributed by atoms with Crippen LogP contribution >= 0.6 is 0 Å². The van der Waals surface area contributed by atoms with Crippen LogP contribution in [0.5, 0.6) is 0 Å². The van der Waals surface area contributed by atoms with Crippen molar-refractivity contribution in [3.8, 4) is 11.3 Å². The summed E-state index contributed by atoms with van der Waals surface area (Å²) < 4.78 is 8.45. The molecule has 1 radical (unpaired) electrons. The monoisotopic (exact) mass is 831 g/mol. The molecule has 1 aliphatic rings. The Balaban J connectivity index is 0.000000252. The Hall–Kier alpha value is -3.92. The SMILES string of the molecule is CCC(CC)C(=O)/C=C(\O)C(CC)CC.[CH2-][n+]1c(-c2[c-]ccc3c2oc2ccccc23)cc(C2CCCC2)c2c3ccccc3ccc21.[Ir]. The number of pyridine rings is 1. The molecule has 0 atom stereocenters. The Kier molecular flexibility index (Phi) is 12.0. The predicted molar refractivity (Wildman–Crippen MR) is 199 cm³/mol. The fourth-order valence-corrected chi connectivity index (χ4v) is 7.64. The van der Waals surface area contributed by atoms with Gasteiger partial charge in [-0.1, -0.05) is 94.5 Å². The summed E-state index contributed by atoms with van der Waals surface area (Å²) >= 11 is 0. The first kappa shape index (κ1) is 36.4. The number of aromatic nitrogens is 1. The van der Waals surface area contributed by atoms with Crippen LogP contribution in [0.1, 0.15) is 90.5 Å². The largest absolute Gasteiger partial charge is 0.512 e. The fourth-order valence-electron chi connectivity index (χ4n) is 7.64. The summed E-state index contributed by atoms with van der Waals surface area (Å²) in [6.07, 6.45) is 10.0. The molecule has 1 saturated carbocycles. The van der Waals surface area contributed by atoms with Gasteiger partial charge in [0.25, 0.3) is 0 Å². The minimum Gasteiger partial charge on any atom is -0.512 e. The Morgan fingerprint density at radius 2 is 1.55 bits per heavy atom. The van der Waals surface area contributed by atoms with Gasteiger partial charge < -0.3 is 14.1 Å². The van der Waals surface area contributed by atoms with Crippen LogP contribution in [0.3, 0.4) is 0 Å². The van der Waals surface area contributed by atoms with Crippen molar-refractivity contribution in [3.63, 3.8) is 0 Å². The number of hydrogen-bond acceptors (Lipinski definition) is 3. The van der Waals surface area contributed by atoms with Gasteiger partial charge in [0.15, 0.2) is 5.78 Å². The molecule has 0 aliphatic heterocycles. The van der Waals surface area contributed by atoms with Crippen molar-refractivity contribution in [2.24, 2.45) is 11.8 Å². The smallest absolute Gasteiger partial charge is 0.162 e. The van der Waals surface area contributed by atoms with E-state index in [0.29, 0.717) is 5.92 Å². The average Bonchev–Trinajstić information content (AvgIpc) is 3.79. The van der Waals surface area contributed by atoms with Crippen LogP contribution in [0, 0.1) is 24.9 Å². The topological polar surface area (TPSA) is 54.3 Å². The second-order valence-electron chi connectivity index (χ2n) is 13.3. The van der Waals surface area contributed by atoms with E-state index in [2.05, 4.69) is 78.3 Å². The summed E-state index contributed by atoms with van der Waals surface area (Å²) in [5.41, 5.74) is 6.43. The number of aliphatic hydroxyl groups excluding tert-OH is 1. The van der Waals surface area contributed by atoms with E-state index in [1.807, 2.05) is 45.9 Å². The van der Waals surface area contributed by atoms with Crippen molar-refractivity contribution in [1.29, 1.82) is 0 Å². The maximum Gasteiger partial charge on any atom is 0.162 e. The number of aliphatic hydroxyl groups is 1. The molecule has 2 aromatic heterocycles. The van der Waals surface area contributed by atoms with Crippen LogP contribution < -0.4 is 4.57 Å². The first-order chi connectivity index (χ1) is 23.4. The normalized spacial score (nSPS) is 13.8. The predicted octanol–water partition coefficient (Wildman–Crippen LogP) is 11.8. The van der Waals surface area contributed by atoms with E-state index in [1.54, 1.807) is 0 Å². The van der Waals surface area contributed by atoms with Crippen LogP contribution in [-0.2, 0) is 24.9 Å². The summed E-state index contributed by atoms with van der Waals surface area (Å²) in [4.78, 5) is 11.7. The molecule has 7 rings (SSSR count). The van der Waals surface area contributed by atoms with Crippen molar-refractivity contribution in [1.82, 2.24) is 0 Å². The molecule has 257 valence electrons. The second-order valence-corrected chi connectivity index (χ2v) is 13.3. The third-order valence-corrected chi connectivity index (χ3v) is 10.5. The third kappa shape index (κ3) is 7.21. The Bertz CT molecular complexity index is 2090. The number of fused-ring (bicyclic) bond motifs is 6. The van der Waals surface area contributed by atoms with Crippen LogP contribution in [0.15, 0.2) is 95.1 Å². The summed E-state index contributed by atoms with van der Waals surface area (Å²) in [5, 5.41) is 16.0. The van der Waals surface area contributed by atoms with Crippen molar-refractivity contribution >= 4 is 49.4 Å². The molecular weight excluding hydrogens is 783 g/mol. The first-order valence-corrected chi connectivity index (χ1v) is 17.9. The van der Waals surface area contributed by atoms with Crippen LogP contribution in [0.25, 0.3) is 54.9 Å².